The van der Waals surface area contributed by atoms with Gasteiger partial charge in [0, 0.05) is 21.0 Å². The highest BCUT2D eigenvalue weighted by Gasteiger charge is 2.18. The summed E-state index contributed by atoms with van der Waals surface area (Å²) in [6, 6.07) is 4.19. The molecule has 1 rings (SSSR count). The Kier molecular flexibility index (Phi) is 3.74. The number of sulfonamides is 1. The Morgan fingerprint density at radius 1 is 1.35 bits per heavy atom. The minimum atomic E-state index is -3.50. The predicted molar refractivity (Wildman–Crippen MR) is 66.0 cm³/mol. The zero-order valence-electron chi connectivity index (χ0n) is 9.89. The van der Waals surface area contributed by atoms with Gasteiger partial charge in [0.25, 0.3) is 0 Å². The first-order chi connectivity index (χ1) is 7.75. The molecule has 0 aliphatic heterocycles. The monoisotopic (exact) mass is 257 g/mol. The van der Waals surface area contributed by atoms with Crippen molar-refractivity contribution in [3.63, 3.8) is 0 Å². The van der Waals surface area contributed by atoms with Crippen LogP contribution in [-0.4, -0.2) is 32.7 Å². The number of anilines is 2. The zero-order chi connectivity index (χ0) is 13.2. The van der Waals surface area contributed by atoms with Crippen LogP contribution in [0.3, 0.4) is 0 Å². The number of rotatable bonds is 3. The number of nitrogens with one attached hydrogen (secondary N) is 1. The van der Waals surface area contributed by atoms with E-state index in [0.717, 1.165) is 4.31 Å². The molecule has 0 radical (unpaired) electrons. The van der Waals surface area contributed by atoms with Crippen molar-refractivity contribution in [1.82, 2.24) is 4.31 Å². The molecule has 6 nitrogen and oxygen atoms in total. The summed E-state index contributed by atoms with van der Waals surface area (Å²) in [4.78, 5) is 11.0. The molecular formula is C10H15N3O3S. The fourth-order valence-electron chi connectivity index (χ4n) is 1.22. The van der Waals surface area contributed by atoms with Gasteiger partial charge in [-0.1, -0.05) is 0 Å². The third kappa shape index (κ3) is 2.95. The molecule has 1 amide bonds. The first kappa shape index (κ1) is 13.5. The van der Waals surface area contributed by atoms with Crippen LogP contribution in [0.1, 0.15) is 6.92 Å². The highest BCUT2D eigenvalue weighted by molar-refractivity contribution is 7.89. The lowest BCUT2D eigenvalue weighted by Crippen LogP contribution is -2.22. The van der Waals surface area contributed by atoms with Gasteiger partial charge >= 0.3 is 0 Å². The molecule has 0 fully saturated rings. The van der Waals surface area contributed by atoms with E-state index in [-0.39, 0.29) is 16.5 Å². The number of nitrogens with zero attached hydrogens (tertiary/aromatic N) is 1. The third-order valence-electron chi connectivity index (χ3n) is 2.11. The number of hydrogen-bond donors (Lipinski definition) is 2. The molecule has 7 heteroatoms. The Balaban J connectivity index is 3.18. The first-order valence-corrected chi connectivity index (χ1v) is 6.29. The van der Waals surface area contributed by atoms with Crippen LogP contribution in [0.15, 0.2) is 23.1 Å². The lowest BCUT2D eigenvalue weighted by Gasteiger charge is -2.13. The number of amides is 1. The molecule has 0 atom stereocenters. The van der Waals surface area contributed by atoms with Gasteiger partial charge in [0.15, 0.2) is 0 Å². The molecule has 1 aromatic rings. The van der Waals surface area contributed by atoms with E-state index >= 15 is 0 Å². The van der Waals surface area contributed by atoms with Crippen LogP contribution in [0.25, 0.3) is 0 Å². The van der Waals surface area contributed by atoms with E-state index in [4.69, 9.17) is 5.73 Å². The first-order valence-electron chi connectivity index (χ1n) is 4.85. The van der Waals surface area contributed by atoms with Crippen molar-refractivity contribution < 1.29 is 13.2 Å². The molecule has 94 valence electrons. The van der Waals surface area contributed by atoms with Gasteiger partial charge in [-0.15, -0.1) is 0 Å². The van der Waals surface area contributed by atoms with Crippen LogP contribution in [0, 0.1) is 0 Å². The molecular weight excluding hydrogens is 242 g/mol. The number of nitrogen functional groups attached to an aromatic ring is 1. The molecule has 0 aliphatic carbocycles. The van der Waals surface area contributed by atoms with Crippen LogP contribution in [0.5, 0.6) is 0 Å². The Hall–Kier alpha value is -1.60. The second-order valence-electron chi connectivity index (χ2n) is 3.72. The van der Waals surface area contributed by atoms with Gasteiger partial charge in [0.1, 0.15) is 0 Å². The molecule has 17 heavy (non-hydrogen) atoms. The minimum Gasteiger partial charge on any atom is -0.397 e. The van der Waals surface area contributed by atoms with Gasteiger partial charge in [-0.05, 0) is 18.2 Å². The Labute approximate surface area is 100 Å². The van der Waals surface area contributed by atoms with Crippen LogP contribution < -0.4 is 11.1 Å². The summed E-state index contributed by atoms with van der Waals surface area (Å²) < 4.78 is 24.7. The van der Waals surface area contributed by atoms with E-state index in [1.54, 1.807) is 0 Å². The maximum atomic E-state index is 11.8. The molecule has 0 aromatic heterocycles. The van der Waals surface area contributed by atoms with Crippen molar-refractivity contribution in [2.75, 3.05) is 25.1 Å². The summed E-state index contributed by atoms with van der Waals surface area (Å²) in [5.41, 5.74) is 6.28. The zero-order valence-corrected chi connectivity index (χ0v) is 10.7. The maximum absolute atomic E-state index is 11.8. The normalized spacial score (nSPS) is 11.5. The van der Waals surface area contributed by atoms with E-state index < -0.39 is 10.0 Å². The maximum Gasteiger partial charge on any atom is 0.242 e. The Morgan fingerprint density at radius 3 is 2.35 bits per heavy atom. The van der Waals surface area contributed by atoms with Gasteiger partial charge in [-0.3, -0.25) is 4.79 Å². The number of nitrogens with two attached hydrogens (primary N) is 1. The molecule has 0 heterocycles. The number of hydrogen-bond acceptors (Lipinski definition) is 4. The van der Waals surface area contributed by atoms with Crippen LogP contribution >= 0.6 is 0 Å². The summed E-state index contributed by atoms with van der Waals surface area (Å²) >= 11 is 0. The number of carbonyl (C=O) groups is 1. The number of carbonyl (C=O) groups excluding carboxylic acids is 1. The summed E-state index contributed by atoms with van der Waals surface area (Å²) in [7, 11) is -0.628. The van der Waals surface area contributed by atoms with Gasteiger partial charge < -0.3 is 11.1 Å². The van der Waals surface area contributed by atoms with Gasteiger partial charge in [-0.2, -0.15) is 0 Å². The molecule has 0 unspecified atom stereocenters. The standard InChI is InChI=1S/C10H15N3O3S/c1-7(14)12-10-5-4-8(6-9(10)11)17(15,16)13(2)3/h4-6H,11H2,1-3H3,(H,12,14). The Bertz CT molecular complexity index is 538. The van der Waals surface area contributed by atoms with Gasteiger partial charge in [0.2, 0.25) is 15.9 Å². The average Bonchev–Trinajstić information content (AvgIpc) is 2.20. The fraction of sp³-hybridized carbons (Fsp3) is 0.300. The van der Waals surface area contributed by atoms with Gasteiger partial charge in [-0.25, -0.2) is 12.7 Å². The smallest absolute Gasteiger partial charge is 0.242 e. The lowest BCUT2D eigenvalue weighted by atomic mass is 10.2. The highest BCUT2D eigenvalue weighted by Crippen LogP contribution is 2.23. The van der Waals surface area contributed by atoms with Crippen molar-refractivity contribution >= 4 is 27.3 Å². The molecule has 0 bridgehead atoms. The summed E-state index contributed by atoms with van der Waals surface area (Å²) in [5.74, 6) is -0.264. The number of benzene rings is 1. The van der Waals surface area contributed by atoms with Crippen molar-refractivity contribution in [2.45, 2.75) is 11.8 Å². The summed E-state index contributed by atoms with van der Waals surface area (Å²) in [6.45, 7) is 1.35. The average molecular weight is 257 g/mol. The predicted octanol–water partition coefficient (Wildman–Crippen LogP) is 0.477. The second kappa shape index (κ2) is 4.72. The topological polar surface area (TPSA) is 92.5 Å². The third-order valence-corrected chi connectivity index (χ3v) is 3.92. The molecule has 0 spiro atoms. The molecule has 0 saturated carbocycles. The van der Waals surface area contributed by atoms with E-state index in [0.29, 0.717) is 5.69 Å². The van der Waals surface area contributed by atoms with Crippen LogP contribution in [0.2, 0.25) is 0 Å². The molecule has 3 N–H and O–H groups in total. The molecule has 0 aliphatic rings. The van der Waals surface area contributed by atoms with E-state index in [1.165, 1.54) is 39.2 Å². The lowest BCUT2D eigenvalue weighted by molar-refractivity contribution is -0.114. The van der Waals surface area contributed by atoms with Gasteiger partial charge in [0.05, 0.1) is 16.3 Å². The second-order valence-corrected chi connectivity index (χ2v) is 5.87. The Morgan fingerprint density at radius 2 is 1.94 bits per heavy atom. The summed E-state index contributed by atoms with van der Waals surface area (Å²) in [6.07, 6.45) is 0. The van der Waals surface area contributed by atoms with Crippen molar-refractivity contribution in [3.8, 4) is 0 Å². The largest absolute Gasteiger partial charge is 0.397 e. The SMILES string of the molecule is CC(=O)Nc1ccc(S(=O)(=O)N(C)C)cc1N. The van der Waals surface area contributed by atoms with Crippen molar-refractivity contribution in [1.29, 1.82) is 0 Å². The van der Waals surface area contributed by atoms with E-state index in [2.05, 4.69) is 5.32 Å². The van der Waals surface area contributed by atoms with Crippen LogP contribution in [0.4, 0.5) is 11.4 Å². The van der Waals surface area contributed by atoms with Crippen LogP contribution in [-0.2, 0) is 14.8 Å². The van der Waals surface area contributed by atoms with Crippen molar-refractivity contribution in [3.05, 3.63) is 18.2 Å². The van der Waals surface area contributed by atoms with E-state index in [9.17, 15) is 13.2 Å². The fourth-order valence-corrected chi connectivity index (χ4v) is 2.15. The van der Waals surface area contributed by atoms with Crippen molar-refractivity contribution in [2.24, 2.45) is 0 Å². The quantitative estimate of drug-likeness (QED) is 0.770. The molecule has 0 saturated heterocycles. The molecule has 1 aromatic carbocycles. The van der Waals surface area contributed by atoms with E-state index in [1.807, 2.05) is 0 Å². The summed E-state index contributed by atoms with van der Waals surface area (Å²) in [5, 5.41) is 2.51. The highest BCUT2D eigenvalue weighted by atomic mass is 32.2. The minimum absolute atomic E-state index is 0.0918.